The molecule has 0 unspecified atom stereocenters. The van der Waals surface area contributed by atoms with Gasteiger partial charge in [0.2, 0.25) is 0 Å². The van der Waals surface area contributed by atoms with Crippen LogP contribution in [0.15, 0.2) is 0 Å². The van der Waals surface area contributed by atoms with Crippen molar-refractivity contribution in [2.45, 2.75) is 69.9 Å². The van der Waals surface area contributed by atoms with Crippen molar-refractivity contribution in [2.75, 3.05) is 6.16 Å². The molecule has 6 heteroatoms. The topological polar surface area (TPSA) is 60.7 Å². The van der Waals surface area contributed by atoms with Crippen LogP contribution < -0.4 is 0 Å². The molecule has 0 spiro atoms. The number of hydrogen-bond donors (Lipinski definition) is 3. The molecule has 0 fully saturated rings. The van der Waals surface area contributed by atoms with Crippen molar-refractivity contribution in [1.82, 2.24) is 0 Å². The van der Waals surface area contributed by atoms with Gasteiger partial charge in [-0.25, -0.2) is 0 Å². The van der Waals surface area contributed by atoms with Gasteiger partial charge in [-0.15, -0.1) is 12.4 Å². The van der Waals surface area contributed by atoms with Crippen molar-refractivity contribution >= 4 is 20.4 Å². The Morgan fingerprint density at radius 3 is 1.39 bits per heavy atom. The molecule has 0 amide bonds. The second-order valence-electron chi connectivity index (χ2n) is 4.04. The smallest absolute Gasteiger partial charge is 0.147 e. The second kappa shape index (κ2) is 18.1. The van der Waals surface area contributed by atoms with Crippen LogP contribution in [0.2, 0.25) is 10.6 Å². The predicted octanol–water partition coefficient (Wildman–Crippen LogP) is 4.19. The van der Waals surface area contributed by atoms with Crippen LogP contribution in [-0.2, 0) is 15.0 Å². The molecule has 0 aliphatic heterocycles. The van der Waals surface area contributed by atoms with Gasteiger partial charge >= 0.3 is 114 Å². The van der Waals surface area contributed by atoms with Gasteiger partial charge in [0.1, 0.15) is 0 Å². The van der Waals surface area contributed by atoms with Crippen LogP contribution in [0, 0.1) is 0 Å². The summed E-state index contributed by atoms with van der Waals surface area (Å²) in [6.07, 6.45) is 7.22. The van der Waals surface area contributed by atoms with Crippen LogP contribution in [0.4, 0.5) is 0 Å². The van der Waals surface area contributed by atoms with E-state index in [1.165, 1.54) is 36.3 Å². The summed E-state index contributed by atoms with van der Waals surface area (Å²) in [6.45, 7) is 6.43. The zero-order chi connectivity index (χ0) is 13.6. The first-order valence-electron chi connectivity index (χ1n) is 6.57. The molecule has 0 saturated heterocycles. The van der Waals surface area contributed by atoms with Crippen LogP contribution in [0.3, 0.4) is 0 Å². The Morgan fingerprint density at radius 2 is 1.17 bits per heavy atom. The van der Waals surface area contributed by atoms with E-state index in [1.807, 2.05) is 6.92 Å². The fourth-order valence-electron chi connectivity index (χ4n) is 0.853. The van der Waals surface area contributed by atoms with Crippen molar-refractivity contribution in [3.05, 3.63) is 0 Å². The number of rotatable bonds is 9. The standard InChI is InChI=1S/C4H13O3P.2C4H9.ClH.Cu/c1-2-3-4-8(5,6)7;2*1-3-4-2;;/h5-8H,2-4H2,1H3;2*1,3-4H2,2H3;1H;. The summed E-state index contributed by atoms with van der Waals surface area (Å²) in [7, 11) is -3.68. The Bertz CT molecular complexity index is 140. The molecule has 0 bridgehead atoms. The van der Waals surface area contributed by atoms with E-state index in [0.717, 1.165) is 6.42 Å². The van der Waals surface area contributed by atoms with Gasteiger partial charge in [0, 0.05) is 0 Å². The first kappa shape index (κ1) is 24.2. The molecule has 0 aliphatic rings. The minimum Gasteiger partial charge on any atom is -0.147 e. The van der Waals surface area contributed by atoms with Crippen molar-refractivity contribution in [3.63, 3.8) is 0 Å². The molecule has 0 aromatic heterocycles. The second-order valence-corrected chi connectivity index (χ2v) is 7.50. The summed E-state index contributed by atoms with van der Waals surface area (Å²) in [6, 6.07) is 0. The quantitative estimate of drug-likeness (QED) is 0.331. The first-order chi connectivity index (χ1) is 7.97. The third-order valence-electron chi connectivity index (χ3n) is 2.00. The monoisotopic (exact) mass is 353 g/mol. The maximum absolute atomic E-state index is 8.40. The largest absolute Gasteiger partial charge is 0.147 e. The van der Waals surface area contributed by atoms with Crippen LogP contribution >= 0.6 is 20.4 Å². The molecule has 0 heterocycles. The molecular formula is C12H32ClCuO3P. The molecule has 0 rings (SSSR count). The molecular weight excluding hydrogens is 322 g/mol. The van der Waals surface area contributed by atoms with E-state index < -0.39 is 7.94 Å². The number of hydrogen-bond acceptors (Lipinski definition) is 3. The molecule has 0 aliphatic carbocycles. The first-order valence-corrected chi connectivity index (χ1v) is 9.95. The predicted molar refractivity (Wildman–Crippen MR) is 81.4 cm³/mol. The van der Waals surface area contributed by atoms with E-state index in [0.29, 0.717) is 6.42 Å². The zero-order valence-electron chi connectivity index (χ0n) is 11.9. The SMILES string of the molecule is CCCC[PH](O)(O)O.CCC[CH2][Cu][CH2]CCC.Cl. The van der Waals surface area contributed by atoms with Crippen LogP contribution in [0.1, 0.15) is 59.3 Å². The van der Waals surface area contributed by atoms with Crippen LogP contribution in [0.5, 0.6) is 0 Å². The van der Waals surface area contributed by atoms with Crippen LogP contribution in [0.25, 0.3) is 0 Å². The van der Waals surface area contributed by atoms with Gasteiger partial charge in [0.15, 0.2) is 0 Å². The maximum Gasteiger partial charge on any atom is -0.147 e. The Labute approximate surface area is 126 Å². The third-order valence-corrected chi connectivity index (χ3v) is 4.36. The van der Waals surface area contributed by atoms with Crippen molar-refractivity contribution in [3.8, 4) is 0 Å². The van der Waals surface area contributed by atoms with E-state index in [-0.39, 0.29) is 18.6 Å². The van der Waals surface area contributed by atoms with Crippen molar-refractivity contribution in [2.24, 2.45) is 0 Å². The molecule has 0 aromatic carbocycles. The third kappa shape index (κ3) is 30.3. The summed E-state index contributed by atoms with van der Waals surface area (Å²) in [5, 5.41) is 2.72. The van der Waals surface area contributed by atoms with Gasteiger partial charge in [-0.05, 0) is 0 Å². The van der Waals surface area contributed by atoms with Gasteiger partial charge in [-0.2, -0.15) is 0 Å². The molecule has 0 radical (unpaired) electrons. The molecule has 0 atom stereocenters. The summed E-state index contributed by atoms with van der Waals surface area (Å²) >= 11 is 2.18. The fraction of sp³-hybridized carbons (Fsp3) is 1.00. The van der Waals surface area contributed by atoms with Gasteiger partial charge in [-0.3, -0.25) is 0 Å². The molecule has 18 heavy (non-hydrogen) atoms. The van der Waals surface area contributed by atoms with E-state index in [1.54, 1.807) is 0 Å². The zero-order valence-corrected chi connectivity index (χ0v) is 14.7. The minimum absolute atomic E-state index is 0. The van der Waals surface area contributed by atoms with Crippen molar-refractivity contribution < 1.29 is 29.6 Å². The van der Waals surface area contributed by atoms with Gasteiger partial charge in [0.05, 0.1) is 0 Å². The average molecular weight is 354 g/mol. The van der Waals surface area contributed by atoms with E-state index in [9.17, 15) is 0 Å². The molecule has 0 aromatic rings. The fourth-order valence-corrected chi connectivity index (χ4v) is 3.05. The van der Waals surface area contributed by atoms with E-state index in [2.05, 4.69) is 28.8 Å². The Kier molecular flexibility index (Phi) is 24.3. The maximum atomic E-state index is 8.40. The summed E-state index contributed by atoms with van der Waals surface area (Å²) in [5.74, 6) is 0. The average Bonchev–Trinajstić information content (AvgIpc) is 2.26. The number of unbranched alkanes of at least 4 members (excludes halogenated alkanes) is 3. The Morgan fingerprint density at radius 1 is 0.778 bits per heavy atom. The minimum atomic E-state index is -3.68. The molecule has 3 N–H and O–H groups in total. The molecule has 0 saturated carbocycles. The van der Waals surface area contributed by atoms with Crippen molar-refractivity contribution in [1.29, 1.82) is 0 Å². The van der Waals surface area contributed by atoms with Gasteiger partial charge in [-0.1, -0.05) is 0 Å². The number of halogens is 1. The summed E-state index contributed by atoms with van der Waals surface area (Å²) in [5.41, 5.74) is 0. The normalized spacial score (nSPS) is 11.4. The molecule has 121 valence electrons. The van der Waals surface area contributed by atoms with Gasteiger partial charge in [0.25, 0.3) is 0 Å². The summed E-state index contributed by atoms with van der Waals surface area (Å²) < 4.78 is 0. The Hall–Kier alpha value is 1.12. The molecule has 3 nitrogen and oxygen atoms in total. The van der Waals surface area contributed by atoms with E-state index >= 15 is 0 Å². The van der Waals surface area contributed by atoms with Gasteiger partial charge < -0.3 is 0 Å². The van der Waals surface area contributed by atoms with E-state index in [4.69, 9.17) is 14.7 Å². The summed E-state index contributed by atoms with van der Waals surface area (Å²) in [4.78, 5) is 25.2. The van der Waals surface area contributed by atoms with Crippen LogP contribution in [-0.4, -0.2) is 20.8 Å². The Balaban J connectivity index is -0.000000238.